The second-order valence-corrected chi connectivity index (χ2v) is 7.40. The van der Waals surface area contributed by atoms with Crippen LogP contribution in [0, 0.1) is 6.92 Å². The minimum Gasteiger partial charge on any atom is -0.394 e. The molecule has 3 unspecified atom stereocenters. The molecule has 0 aliphatic carbocycles. The van der Waals surface area contributed by atoms with Crippen LogP contribution in [0.25, 0.3) is 16.9 Å². The lowest BCUT2D eigenvalue weighted by Gasteiger charge is -2.42. The lowest BCUT2D eigenvalue weighted by Crippen LogP contribution is -2.59. The van der Waals surface area contributed by atoms with Crippen LogP contribution in [-0.2, 0) is 4.74 Å². The molecule has 1 aromatic carbocycles. The fourth-order valence-corrected chi connectivity index (χ4v) is 3.81. The molecule has 154 valence electrons. The van der Waals surface area contributed by atoms with Crippen molar-refractivity contribution in [1.82, 2.24) is 9.38 Å². The Hall–Kier alpha value is -2.33. The molecular formula is C21H24N2O6. The molecule has 2 aromatic heterocycles. The predicted molar refractivity (Wildman–Crippen MR) is 104 cm³/mol. The molecule has 1 fully saturated rings. The Kier molecular flexibility index (Phi) is 5.39. The van der Waals surface area contributed by atoms with Gasteiger partial charge >= 0.3 is 0 Å². The van der Waals surface area contributed by atoms with E-state index in [9.17, 15) is 25.5 Å². The Morgan fingerprint density at radius 2 is 1.90 bits per heavy atom. The lowest BCUT2D eigenvalue weighted by atomic mass is 9.88. The largest absolute Gasteiger partial charge is 0.394 e. The summed E-state index contributed by atoms with van der Waals surface area (Å²) in [4.78, 5) is 4.59. The van der Waals surface area contributed by atoms with Crippen molar-refractivity contribution in [1.29, 1.82) is 0 Å². The Morgan fingerprint density at radius 3 is 2.59 bits per heavy atom. The highest BCUT2D eigenvalue weighted by Crippen LogP contribution is 2.33. The molecule has 3 heterocycles. The van der Waals surface area contributed by atoms with E-state index in [1.54, 1.807) is 6.07 Å². The molecule has 1 saturated heterocycles. The maximum atomic E-state index is 10.8. The van der Waals surface area contributed by atoms with Gasteiger partial charge in [0.05, 0.1) is 12.3 Å². The summed E-state index contributed by atoms with van der Waals surface area (Å²) >= 11 is 0. The third-order valence-corrected chi connectivity index (χ3v) is 5.49. The number of pyridine rings is 1. The van der Waals surface area contributed by atoms with Crippen LogP contribution < -0.4 is 0 Å². The number of fused-ring (bicyclic) bond motifs is 1. The van der Waals surface area contributed by atoms with Gasteiger partial charge in [-0.2, -0.15) is 0 Å². The average Bonchev–Trinajstić information content (AvgIpc) is 3.16. The van der Waals surface area contributed by atoms with Crippen LogP contribution in [0.5, 0.6) is 0 Å². The van der Waals surface area contributed by atoms with Crippen molar-refractivity contribution in [3.8, 4) is 11.3 Å². The molecule has 4 rings (SSSR count). The first-order valence-corrected chi connectivity index (χ1v) is 9.44. The second kappa shape index (κ2) is 7.83. The molecular weight excluding hydrogens is 376 g/mol. The summed E-state index contributed by atoms with van der Waals surface area (Å²) in [5, 5.41) is 50.3. The molecule has 29 heavy (non-hydrogen) atoms. The maximum absolute atomic E-state index is 10.8. The molecule has 0 radical (unpaired) electrons. The summed E-state index contributed by atoms with van der Waals surface area (Å²) in [5.74, 6) is 0. The molecule has 6 atom stereocenters. The van der Waals surface area contributed by atoms with Crippen LogP contribution in [0.2, 0.25) is 0 Å². The number of aliphatic hydroxyl groups is 5. The summed E-state index contributed by atoms with van der Waals surface area (Å²) in [5.41, 5.74) is 3.75. The topological polar surface area (TPSA) is 128 Å². The second-order valence-electron chi connectivity index (χ2n) is 7.40. The van der Waals surface area contributed by atoms with E-state index >= 15 is 0 Å². The monoisotopic (exact) mass is 400 g/mol. The number of aryl methyl sites for hydroxylation is 1. The van der Waals surface area contributed by atoms with Gasteiger partial charge in [0.1, 0.15) is 42.3 Å². The van der Waals surface area contributed by atoms with Crippen LogP contribution in [0.4, 0.5) is 0 Å². The highest BCUT2D eigenvalue weighted by molar-refractivity contribution is 5.64. The quantitative estimate of drug-likeness (QED) is 0.423. The number of imidazole rings is 1. The molecule has 3 aromatic rings. The number of aromatic nitrogens is 2. The predicted octanol–water partition coefficient (Wildman–Crippen LogP) is 0.186. The van der Waals surface area contributed by atoms with Crippen molar-refractivity contribution in [2.45, 2.75) is 43.5 Å². The standard InChI is InChI=1S/C21H24N2O6/c1-11-8-12(14-9-23-7-3-2-4-16(23)22-14)5-6-13(11)17(25)21-20(28)19(27)18(26)15(10-24)29-21/h2-9,15,17-21,24-28H,10H2,1H3/t15?,17-,18-,19?,20?,21-/m1/s1. The molecule has 0 saturated carbocycles. The van der Waals surface area contributed by atoms with E-state index in [0.29, 0.717) is 5.56 Å². The van der Waals surface area contributed by atoms with E-state index in [2.05, 4.69) is 4.98 Å². The molecule has 1 aliphatic rings. The van der Waals surface area contributed by atoms with Gasteiger partial charge < -0.3 is 34.7 Å². The molecule has 0 bridgehead atoms. The van der Waals surface area contributed by atoms with Gasteiger partial charge in [-0.3, -0.25) is 0 Å². The van der Waals surface area contributed by atoms with Crippen LogP contribution in [0.1, 0.15) is 17.2 Å². The SMILES string of the molecule is Cc1cc(-c2cn3ccccc3n2)ccc1[C@@H](O)[C@H]1OC(CO)[C@@H](O)C(O)C1O. The highest BCUT2D eigenvalue weighted by atomic mass is 16.6. The molecule has 8 heteroatoms. The third-order valence-electron chi connectivity index (χ3n) is 5.49. The lowest BCUT2D eigenvalue weighted by molar-refractivity contribution is -0.250. The van der Waals surface area contributed by atoms with E-state index in [1.165, 1.54) is 0 Å². The van der Waals surface area contributed by atoms with Crippen LogP contribution in [0.3, 0.4) is 0 Å². The van der Waals surface area contributed by atoms with Crippen molar-refractivity contribution < 1.29 is 30.3 Å². The zero-order valence-electron chi connectivity index (χ0n) is 15.8. The number of ether oxygens (including phenoxy) is 1. The van der Waals surface area contributed by atoms with E-state index in [-0.39, 0.29) is 0 Å². The zero-order valence-corrected chi connectivity index (χ0v) is 15.8. The fourth-order valence-electron chi connectivity index (χ4n) is 3.81. The van der Waals surface area contributed by atoms with E-state index in [4.69, 9.17) is 4.74 Å². The highest BCUT2D eigenvalue weighted by Gasteiger charge is 2.46. The van der Waals surface area contributed by atoms with Gasteiger partial charge in [0.2, 0.25) is 0 Å². The maximum Gasteiger partial charge on any atom is 0.137 e. The zero-order chi connectivity index (χ0) is 20.7. The number of rotatable bonds is 4. The Balaban J connectivity index is 1.62. The van der Waals surface area contributed by atoms with Crippen LogP contribution in [-0.4, -0.2) is 72.0 Å². The summed E-state index contributed by atoms with van der Waals surface area (Å²) < 4.78 is 7.40. The first-order valence-electron chi connectivity index (χ1n) is 9.44. The average molecular weight is 400 g/mol. The fraction of sp³-hybridized carbons (Fsp3) is 0.381. The van der Waals surface area contributed by atoms with Crippen LogP contribution >= 0.6 is 0 Å². The Bertz CT molecular complexity index is 971. The molecule has 5 N–H and O–H groups in total. The molecule has 0 spiro atoms. The van der Waals surface area contributed by atoms with Gasteiger partial charge in [0.25, 0.3) is 0 Å². The van der Waals surface area contributed by atoms with E-state index < -0.39 is 43.2 Å². The summed E-state index contributed by atoms with van der Waals surface area (Å²) in [7, 11) is 0. The summed E-state index contributed by atoms with van der Waals surface area (Å²) in [6.45, 7) is 1.28. The van der Waals surface area contributed by atoms with Crippen molar-refractivity contribution >= 4 is 5.65 Å². The van der Waals surface area contributed by atoms with Gasteiger partial charge in [0, 0.05) is 18.0 Å². The van der Waals surface area contributed by atoms with Gasteiger partial charge in [0.15, 0.2) is 0 Å². The number of hydrogen-bond acceptors (Lipinski definition) is 7. The Labute approximate surface area is 167 Å². The number of benzene rings is 1. The van der Waals surface area contributed by atoms with Gasteiger partial charge in [-0.25, -0.2) is 4.98 Å². The third kappa shape index (κ3) is 3.55. The number of aliphatic hydroxyl groups excluding tert-OH is 5. The first kappa shape index (κ1) is 20.0. The van der Waals surface area contributed by atoms with Gasteiger partial charge in [-0.1, -0.05) is 18.2 Å². The number of nitrogens with zero attached hydrogens (tertiary/aromatic N) is 2. The van der Waals surface area contributed by atoms with E-state index in [1.807, 2.05) is 54.0 Å². The first-order chi connectivity index (χ1) is 13.9. The minimum atomic E-state index is -1.53. The molecule has 8 nitrogen and oxygen atoms in total. The Morgan fingerprint density at radius 1 is 1.10 bits per heavy atom. The summed E-state index contributed by atoms with van der Waals surface area (Å²) in [6.07, 6.45) is -4.17. The van der Waals surface area contributed by atoms with Crippen molar-refractivity contribution in [2.24, 2.45) is 0 Å². The van der Waals surface area contributed by atoms with Crippen LogP contribution in [0.15, 0.2) is 48.8 Å². The molecule has 1 aliphatic heterocycles. The van der Waals surface area contributed by atoms with E-state index in [0.717, 1.165) is 22.5 Å². The number of hydrogen-bond donors (Lipinski definition) is 5. The van der Waals surface area contributed by atoms with Crippen molar-refractivity contribution in [3.63, 3.8) is 0 Å². The molecule has 0 amide bonds. The minimum absolute atomic E-state index is 0.516. The van der Waals surface area contributed by atoms with Gasteiger partial charge in [-0.05, 0) is 36.2 Å². The van der Waals surface area contributed by atoms with Crippen molar-refractivity contribution in [3.05, 3.63) is 59.9 Å². The van der Waals surface area contributed by atoms with Gasteiger partial charge in [-0.15, -0.1) is 0 Å². The summed E-state index contributed by atoms with van der Waals surface area (Å²) in [6, 6.07) is 11.2. The smallest absolute Gasteiger partial charge is 0.137 e. The normalized spacial score (nSPS) is 28.6. The van der Waals surface area contributed by atoms with Crippen molar-refractivity contribution in [2.75, 3.05) is 6.61 Å².